The molecule has 0 spiro atoms. The van der Waals surface area contributed by atoms with Crippen molar-refractivity contribution in [1.29, 1.82) is 0 Å². The number of fused-ring (bicyclic) bond motifs is 1. The molecule has 2 aromatic heterocycles. The van der Waals surface area contributed by atoms with Crippen LogP contribution in [-0.2, 0) is 13.1 Å². The Hall–Kier alpha value is -2.60. The number of aromatic carboxylic acids is 1. The highest BCUT2D eigenvalue weighted by Gasteiger charge is 2.27. The summed E-state index contributed by atoms with van der Waals surface area (Å²) in [6.07, 6.45) is 1.04. The Balaban J connectivity index is 1.77. The van der Waals surface area contributed by atoms with E-state index in [0.29, 0.717) is 17.3 Å². The van der Waals surface area contributed by atoms with Crippen LogP contribution in [0.3, 0.4) is 0 Å². The third-order valence-corrected chi connectivity index (χ3v) is 6.33. The Kier molecular flexibility index (Phi) is 4.98. The molecule has 0 saturated carbocycles. The lowest BCUT2D eigenvalue weighted by Gasteiger charge is -2.31. The lowest BCUT2D eigenvalue weighted by molar-refractivity contribution is 0.0702. The number of thiophene rings is 1. The molecule has 3 heterocycles. The van der Waals surface area contributed by atoms with Crippen molar-refractivity contribution in [2.24, 2.45) is 0 Å². The summed E-state index contributed by atoms with van der Waals surface area (Å²) < 4.78 is 2.12. The monoisotopic (exact) mass is 395 g/mol. The summed E-state index contributed by atoms with van der Waals surface area (Å²) in [6.45, 7) is 9.11. The summed E-state index contributed by atoms with van der Waals surface area (Å²) in [7, 11) is 0. The van der Waals surface area contributed by atoms with Gasteiger partial charge in [-0.1, -0.05) is 38.1 Å². The summed E-state index contributed by atoms with van der Waals surface area (Å²) >= 11 is 1.35. The lowest BCUT2D eigenvalue weighted by atomic mass is 9.92. The number of anilines is 1. The molecule has 146 valence electrons. The maximum Gasteiger partial charge on any atom is 0.345 e. The summed E-state index contributed by atoms with van der Waals surface area (Å²) in [4.78, 5) is 15.0. The Labute approximate surface area is 169 Å². The van der Waals surface area contributed by atoms with Crippen LogP contribution in [0.5, 0.6) is 0 Å². The number of carboxylic acid groups (broad SMARTS) is 1. The smallest absolute Gasteiger partial charge is 0.345 e. The first-order valence-electron chi connectivity index (χ1n) is 9.69. The van der Waals surface area contributed by atoms with E-state index >= 15 is 0 Å². The van der Waals surface area contributed by atoms with E-state index in [0.717, 1.165) is 35.9 Å². The van der Waals surface area contributed by atoms with Crippen LogP contribution in [-0.4, -0.2) is 27.4 Å². The summed E-state index contributed by atoms with van der Waals surface area (Å²) in [5.41, 5.74) is 4.84. The molecular weight excluding hydrogens is 370 g/mol. The van der Waals surface area contributed by atoms with E-state index in [9.17, 15) is 9.90 Å². The van der Waals surface area contributed by atoms with Crippen molar-refractivity contribution in [3.05, 3.63) is 57.4 Å². The average molecular weight is 396 g/mol. The first-order valence-corrected chi connectivity index (χ1v) is 10.5. The third-order valence-electron chi connectivity index (χ3n) is 5.27. The van der Waals surface area contributed by atoms with E-state index in [2.05, 4.69) is 54.6 Å². The minimum absolute atomic E-state index is 0.391. The van der Waals surface area contributed by atoms with E-state index in [1.165, 1.54) is 28.0 Å². The number of benzene rings is 1. The minimum atomic E-state index is -0.859. The Morgan fingerprint density at radius 1 is 1.21 bits per heavy atom. The molecule has 1 aliphatic rings. The zero-order chi connectivity index (χ0) is 19.8. The second-order valence-corrected chi connectivity index (χ2v) is 8.76. The Bertz CT molecular complexity index is 1020. The van der Waals surface area contributed by atoms with Crippen molar-refractivity contribution in [2.75, 3.05) is 11.4 Å². The third kappa shape index (κ3) is 3.33. The molecule has 0 aliphatic carbocycles. The molecular formula is C22H25N3O2S. The SMILES string of the molecule is Cc1nn2c(c1-c1ccccc1C(C)C)N(Cc1ccc(C(=O)O)s1)CCC2. The molecule has 6 heteroatoms. The van der Waals surface area contributed by atoms with Crippen LogP contribution in [0.4, 0.5) is 5.82 Å². The number of nitrogens with zero attached hydrogens (tertiary/aromatic N) is 3. The normalized spacial score (nSPS) is 13.8. The standard InChI is InChI=1S/C22H25N3O2S/c1-14(2)17-7-4-5-8-18(17)20-15(3)23-25-12-6-11-24(21(20)25)13-16-9-10-19(28-16)22(26)27/h4-5,7-10,14H,6,11-13H2,1-3H3,(H,26,27). The molecule has 0 saturated heterocycles. The largest absolute Gasteiger partial charge is 0.477 e. The minimum Gasteiger partial charge on any atom is -0.477 e. The average Bonchev–Trinajstić information content (AvgIpc) is 3.26. The zero-order valence-corrected chi connectivity index (χ0v) is 17.3. The number of aryl methyl sites for hydroxylation is 2. The topological polar surface area (TPSA) is 58.4 Å². The van der Waals surface area contributed by atoms with Crippen LogP contribution in [0.25, 0.3) is 11.1 Å². The van der Waals surface area contributed by atoms with Gasteiger partial charge < -0.3 is 10.0 Å². The van der Waals surface area contributed by atoms with Gasteiger partial charge >= 0.3 is 5.97 Å². The molecule has 1 N–H and O–H groups in total. The van der Waals surface area contributed by atoms with Crippen molar-refractivity contribution < 1.29 is 9.90 Å². The predicted molar refractivity (Wildman–Crippen MR) is 113 cm³/mol. The van der Waals surface area contributed by atoms with Gasteiger partial charge in [-0.2, -0.15) is 5.10 Å². The molecule has 0 radical (unpaired) electrons. The van der Waals surface area contributed by atoms with Crippen LogP contribution in [0.15, 0.2) is 36.4 Å². The first kappa shape index (κ1) is 18.7. The molecule has 0 fully saturated rings. The van der Waals surface area contributed by atoms with E-state index < -0.39 is 5.97 Å². The quantitative estimate of drug-likeness (QED) is 0.649. The second-order valence-electron chi connectivity index (χ2n) is 7.60. The van der Waals surface area contributed by atoms with Gasteiger partial charge in [-0.05, 0) is 42.5 Å². The fraction of sp³-hybridized carbons (Fsp3) is 0.364. The second kappa shape index (κ2) is 7.43. The number of rotatable bonds is 5. The van der Waals surface area contributed by atoms with E-state index in [-0.39, 0.29) is 0 Å². The van der Waals surface area contributed by atoms with Crippen LogP contribution >= 0.6 is 11.3 Å². The van der Waals surface area contributed by atoms with Crippen molar-refractivity contribution in [3.8, 4) is 11.1 Å². The van der Waals surface area contributed by atoms with E-state index in [1.54, 1.807) is 6.07 Å². The summed E-state index contributed by atoms with van der Waals surface area (Å²) in [5, 5.41) is 14.1. The predicted octanol–water partition coefficient (Wildman–Crippen LogP) is 5.15. The van der Waals surface area contributed by atoms with Crippen molar-refractivity contribution in [2.45, 2.75) is 46.2 Å². The maximum atomic E-state index is 11.2. The van der Waals surface area contributed by atoms with Gasteiger partial charge in [0.05, 0.1) is 12.2 Å². The fourth-order valence-corrected chi connectivity index (χ4v) is 4.89. The number of hydrogen-bond acceptors (Lipinski definition) is 4. The molecule has 5 nitrogen and oxygen atoms in total. The van der Waals surface area contributed by atoms with Crippen molar-refractivity contribution in [3.63, 3.8) is 0 Å². The zero-order valence-electron chi connectivity index (χ0n) is 16.5. The highest BCUT2D eigenvalue weighted by Crippen LogP contribution is 2.40. The number of hydrogen-bond donors (Lipinski definition) is 1. The van der Waals surface area contributed by atoms with Crippen LogP contribution in [0, 0.1) is 6.92 Å². The number of carboxylic acids is 1. The van der Waals surface area contributed by atoms with Crippen LogP contribution in [0.1, 0.15) is 52.0 Å². The van der Waals surface area contributed by atoms with E-state index in [1.807, 2.05) is 6.07 Å². The molecule has 0 bridgehead atoms. The highest BCUT2D eigenvalue weighted by atomic mass is 32.1. The molecule has 28 heavy (non-hydrogen) atoms. The molecule has 4 rings (SSSR count). The number of aromatic nitrogens is 2. The van der Waals surface area contributed by atoms with Gasteiger partial charge in [0.1, 0.15) is 10.7 Å². The molecule has 0 unspecified atom stereocenters. The van der Waals surface area contributed by atoms with Gasteiger partial charge in [0.2, 0.25) is 0 Å². The highest BCUT2D eigenvalue weighted by molar-refractivity contribution is 7.13. The number of carbonyl (C=O) groups is 1. The van der Waals surface area contributed by atoms with Gasteiger partial charge in [-0.15, -0.1) is 11.3 Å². The summed E-state index contributed by atoms with van der Waals surface area (Å²) in [6, 6.07) is 12.2. The van der Waals surface area contributed by atoms with Gasteiger partial charge in [-0.3, -0.25) is 0 Å². The maximum absolute atomic E-state index is 11.2. The van der Waals surface area contributed by atoms with Crippen molar-refractivity contribution >= 4 is 23.1 Å². The van der Waals surface area contributed by atoms with Crippen LogP contribution < -0.4 is 4.90 Å². The van der Waals surface area contributed by atoms with Gasteiger partial charge in [0.15, 0.2) is 0 Å². The molecule has 3 aromatic rings. The van der Waals surface area contributed by atoms with Crippen molar-refractivity contribution in [1.82, 2.24) is 9.78 Å². The van der Waals surface area contributed by atoms with Crippen LogP contribution in [0.2, 0.25) is 0 Å². The fourth-order valence-electron chi connectivity index (χ4n) is 4.03. The van der Waals surface area contributed by atoms with Gasteiger partial charge in [0.25, 0.3) is 0 Å². The molecule has 0 amide bonds. The van der Waals surface area contributed by atoms with E-state index in [4.69, 9.17) is 5.10 Å². The molecule has 1 aromatic carbocycles. The van der Waals surface area contributed by atoms with Gasteiger partial charge in [-0.25, -0.2) is 9.48 Å². The Morgan fingerprint density at radius 3 is 2.71 bits per heavy atom. The molecule has 0 atom stereocenters. The Morgan fingerprint density at radius 2 is 2.00 bits per heavy atom. The summed E-state index contributed by atoms with van der Waals surface area (Å²) in [5.74, 6) is 0.725. The van der Waals surface area contributed by atoms with Gasteiger partial charge in [0, 0.05) is 23.5 Å². The first-order chi connectivity index (χ1) is 13.5. The molecule has 1 aliphatic heterocycles. The lowest BCUT2D eigenvalue weighted by Crippen LogP contribution is -2.31.